The summed E-state index contributed by atoms with van der Waals surface area (Å²) < 4.78 is 2.06. The second-order valence-electron chi connectivity index (χ2n) is 6.98. The van der Waals surface area contributed by atoms with Crippen LogP contribution in [0, 0.1) is 6.92 Å². The van der Waals surface area contributed by atoms with Crippen LogP contribution in [0.5, 0.6) is 0 Å². The highest BCUT2D eigenvalue weighted by molar-refractivity contribution is 5.51. The van der Waals surface area contributed by atoms with Gasteiger partial charge in [0, 0.05) is 43.8 Å². The van der Waals surface area contributed by atoms with E-state index in [2.05, 4.69) is 47.5 Å². The number of rotatable bonds is 3. The largest absolute Gasteiger partial charge is 0.355 e. The maximum atomic E-state index is 6.05. The number of aromatic nitrogens is 2. The van der Waals surface area contributed by atoms with Crippen LogP contribution in [0.25, 0.3) is 0 Å². The van der Waals surface area contributed by atoms with Crippen LogP contribution < -0.4 is 10.6 Å². The zero-order valence-electron chi connectivity index (χ0n) is 13.8. The monoisotopic (exact) mass is 291 g/mol. The van der Waals surface area contributed by atoms with Gasteiger partial charge in [-0.3, -0.25) is 9.58 Å². The maximum absolute atomic E-state index is 6.05. The van der Waals surface area contributed by atoms with Crippen LogP contribution in [0.15, 0.2) is 0 Å². The lowest BCUT2D eigenvalue weighted by molar-refractivity contribution is 0.254. The van der Waals surface area contributed by atoms with Crippen molar-refractivity contribution in [3.8, 4) is 0 Å². The van der Waals surface area contributed by atoms with Crippen LogP contribution in [0.4, 0.5) is 5.82 Å². The highest BCUT2D eigenvalue weighted by atomic mass is 15.4. The summed E-state index contributed by atoms with van der Waals surface area (Å²) in [5.41, 5.74) is 8.52. The molecule has 0 amide bonds. The molecule has 0 aliphatic carbocycles. The minimum Gasteiger partial charge on any atom is -0.355 e. The molecule has 1 aromatic heterocycles. The molecule has 1 aromatic rings. The van der Waals surface area contributed by atoms with Crippen LogP contribution in [0.2, 0.25) is 0 Å². The van der Waals surface area contributed by atoms with Crippen LogP contribution >= 0.6 is 0 Å². The normalized spacial score (nSPS) is 28.0. The Morgan fingerprint density at radius 1 is 1.24 bits per heavy atom. The third-order valence-electron chi connectivity index (χ3n) is 5.29. The van der Waals surface area contributed by atoms with Crippen LogP contribution in [-0.2, 0) is 13.5 Å². The standard InChI is InChI=1S/C16H29N5/c1-11(17)9-15-12(2)18-20(4)16(15)21-8-7-13-5-6-14(10-21)19(13)3/h11,13-14H,5-10,17H2,1-4H3. The first kappa shape index (κ1) is 14.9. The van der Waals surface area contributed by atoms with E-state index in [0.29, 0.717) is 6.04 Å². The van der Waals surface area contributed by atoms with Gasteiger partial charge in [-0.15, -0.1) is 0 Å². The fourth-order valence-electron chi connectivity index (χ4n) is 4.15. The second kappa shape index (κ2) is 5.61. The van der Waals surface area contributed by atoms with E-state index in [1.54, 1.807) is 0 Å². The lowest BCUT2D eigenvalue weighted by Gasteiger charge is -2.28. The third kappa shape index (κ3) is 2.69. The zero-order chi connectivity index (χ0) is 15.1. The molecule has 21 heavy (non-hydrogen) atoms. The number of anilines is 1. The first-order valence-electron chi connectivity index (χ1n) is 8.22. The van der Waals surface area contributed by atoms with E-state index in [4.69, 9.17) is 5.73 Å². The quantitative estimate of drug-likeness (QED) is 0.912. The average Bonchev–Trinajstić information content (AvgIpc) is 2.78. The molecule has 2 saturated heterocycles. The van der Waals surface area contributed by atoms with Crippen LogP contribution in [0.3, 0.4) is 0 Å². The molecule has 5 nitrogen and oxygen atoms in total. The molecule has 2 N–H and O–H groups in total. The first-order valence-corrected chi connectivity index (χ1v) is 8.22. The van der Waals surface area contributed by atoms with E-state index in [1.165, 1.54) is 30.6 Å². The van der Waals surface area contributed by atoms with Crippen molar-refractivity contribution in [2.24, 2.45) is 12.8 Å². The highest BCUT2D eigenvalue weighted by Gasteiger charge is 2.36. The van der Waals surface area contributed by atoms with Gasteiger partial charge < -0.3 is 10.6 Å². The Morgan fingerprint density at radius 3 is 2.67 bits per heavy atom. The van der Waals surface area contributed by atoms with Gasteiger partial charge in [-0.05, 0) is 46.6 Å². The molecular formula is C16H29N5. The van der Waals surface area contributed by atoms with Gasteiger partial charge in [0.05, 0.1) is 5.69 Å². The molecule has 5 heteroatoms. The second-order valence-corrected chi connectivity index (χ2v) is 6.98. The highest BCUT2D eigenvalue weighted by Crippen LogP contribution is 2.32. The lowest BCUT2D eigenvalue weighted by Crippen LogP contribution is -2.37. The Balaban J connectivity index is 1.89. The molecule has 3 heterocycles. The summed E-state index contributed by atoms with van der Waals surface area (Å²) >= 11 is 0. The molecule has 2 aliphatic heterocycles. The van der Waals surface area contributed by atoms with E-state index in [9.17, 15) is 0 Å². The Morgan fingerprint density at radius 2 is 1.95 bits per heavy atom. The van der Waals surface area contributed by atoms with Crippen molar-refractivity contribution in [1.29, 1.82) is 0 Å². The minimum atomic E-state index is 0.178. The van der Waals surface area contributed by atoms with Crippen molar-refractivity contribution in [3.05, 3.63) is 11.3 Å². The Labute approximate surface area is 128 Å². The SMILES string of the molecule is Cc1nn(C)c(N2CCC3CCC(C2)N3C)c1CC(C)N. The van der Waals surface area contributed by atoms with E-state index >= 15 is 0 Å². The molecule has 2 fully saturated rings. The lowest BCUT2D eigenvalue weighted by atomic mass is 10.1. The number of nitrogens with two attached hydrogens (primary N) is 1. The van der Waals surface area contributed by atoms with Gasteiger partial charge in [-0.25, -0.2) is 0 Å². The molecule has 0 spiro atoms. The van der Waals surface area contributed by atoms with Gasteiger partial charge in [-0.2, -0.15) is 5.10 Å². The molecule has 3 unspecified atom stereocenters. The summed E-state index contributed by atoms with van der Waals surface area (Å²) in [5.74, 6) is 1.30. The van der Waals surface area contributed by atoms with E-state index in [0.717, 1.165) is 31.2 Å². The Hall–Kier alpha value is -1.07. The number of aryl methyl sites for hydroxylation is 2. The van der Waals surface area contributed by atoms with Gasteiger partial charge >= 0.3 is 0 Å². The summed E-state index contributed by atoms with van der Waals surface area (Å²) in [7, 11) is 4.36. The molecule has 118 valence electrons. The van der Waals surface area contributed by atoms with Crippen molar-refractivity contribution in [2.45, 2.75) is 57.7 Å². The third-order valence-corrected chi connectivity index (χ3v) is 5.29. The maximum Gasteiger partial charge on any atom is 0.130 e. The van der Waals surface area contributed by atoms with Crippen molar-refractivity contribution in [3.63, 3.8) is 0 Å². The Bertz CT molecular complexity index is 507. The summed E-state index contributed by atoms with van der Waals surface area (Å²) in [6.45, 7) is 6.44. The predicted octanol–water partition coefficient (Wildman–Crippen LogP) is 1.29. The molecule has 0 saturated carbocycles. The fourth-order valence-corrected chi connectivity index (χ4v) is 4.15. The molecular weight excluding hydrogens is 262 g/mol. The fraction of sp³-hybridized carbons (Fsp3) is 0.812. The Kier molecular flexibility index (Phi) is 3.97. The smallest absolute Gasteiger partial charge is 0.130 e. The van der Waals surface area contributed by atoms with Gasteiger partial charge in [0.2, 0.25) is 0 Å². The van der Waals surface area contributed by atoms with Gasteiger partial charge in [0.25, 0.3) is 0 Å². The van der Waals surface area contributed by atoms with Crippen molar-refractivity contribution in [2.75, 3.05) is 25.0 Å². The number of fused-ring (bicyclic) bond motifs is 2. The zero-order valence-corrected chi connectivity index (χ0v) is 13.8. The summed E-state index contributed by atoms with van der Waals surface area (Å²) in [5, 5.41) is 4.66. The van der Waals surface area contributed by atoms with Gasteiger partial charge in [-0.1, -0.05) is 0 Å². The molecule has 3 rings (SSSR count). The molecule has 3 atom stereocenters. The summed E-state index contributed by atoms with van der Waals surface area (Å²) in [6, 6.07) is 1.64. The van der Waals surface area contributed by atoms with Gasteiger partial charge in [0.15, 0.2) is 0 Å². The molecule has 2 aliphatic rings. The predicted molar refractivity (Wildman–Crippen MR) is 86.7 cm³/mol. The van der Waals surface area contributed by atoms with Crippen molar-refractivity contribution >= 4 is 5.82 Å². The number of hydrogen-bond acceptors (Lipinski definition) is 4. The number of nitrogens with zero attached hydrogens (tertiary/aromatic N) is 4. The topological polar surface area (TPSA) is 50.3 Å². The van der Waals surface area contributed by atoms with Crippen LogP contribution in [-0.4, -0.2) is 52.9 Å². The van der Waals surface area contributed by atoms with E-state index in [1.807, 2.05) is 0 Å². The molecule has 0 aromatic carbocycles. The van der Waals surface area contributed by atoms with Crippen molar-refractivity contribution < 1.29 is 0 Å². The molecule has 0 radical (unpaired) electrons. The van der Waals surface area contributed by atoms with Crippen molar-refractivity contribution in [1.82, 2.24) is 14.7 Å². The average molecular weight is 291 g/mol. The van der Waals surface area contributed by atoms with E-state index in [-0.39, 0.29) is 6.04 Å². The summed E-state index contributed by atoms with van der Waals surface area (Å²) in [6.07, 6.45) is 4.87. The first-order chi connectivity index (χ1) is 9.97. The number of likely N-dealkylation sites (N-methyl/N-ethyl adjacent to an activating group) is 1. The molecule has 2 bridgehead atoms. The van der Waals surface area contributed by atoms with E-state index < -0.39 is 0 Å². The minimum absolute atomic E-state index is 0.178. The summed E-state index contributed by atoms with van der Waals surface area (Å²) in [4.78, 5) is 5.15. The number of hydrogen-bond donors (Lipinski definition) is 1. The van der Waals surface area contributed by atoms with Crippen LogP contribution in [0.1, 0.15) is 37.4 Å². The van der Waals surface area contributed by atoms with Gasteiger partial charge in [0.1, 0.15) is 5.82 Å².